The van der Waals surface area contributed by atoms with Gasteiger partial charge in [0.1, 0.15) is 0 Å². The molecular formula is C5H18O6. The van der Waals surface area contributed by atoms with Gasteiger partial charge in [-0.25, -0.2) is 5.26 Å². The monoisotopic (exact) mass is 174 g/mol. The topological polar surface area (TPSA) is 95.9 Å². The van der Waals surface area contributed by atoms with Gasteiger partial charge in [0.2, 0.25) is 0 Å². The Hall–Kier alpha value is -1.14. The quantitative estimate of drug-likeness (QED) is 0.368. The summed E-state index contributed by atoms with van der Waals surface area (Å²) < 4.78 is 0. The molecule has 1 N–H and O–H groups in total. The maximum atomic E-state index is 8.70. The molecule has 0 aromatic carbocycles. The fraction of sp³-hybridized carbons (Fsp3) is 0.600. The first-order valence-corrected chi connectivity index (χ1v) is 1.29. The fourth-order valence-electron chi connectivity index (χ4n) is 0. The molecule has 0 heterocycles. The minimum absolute atomic E-state index is 0. The second-order valence-corrected chi connectivity index (χ2v) is 0.394. The molecule has 0 saturated heterocycles. The molecule has 0 atom stereocenters. The lowest BCUT2D eigenvalue weighted by atomic mass is 11.7. The Morgan fingerprint density at radius 3 is 1.45 bits per heavy atom. The van der Waals surface area contributed by atoms with Crippen LogP contribution < -0.4 is 5.26 Å². The van der Waals surface area contributed by atoms with E-state index in [1.54, 1.807) is 0 Å². The summed E-state index contributed by atoms with van der Waals surface area (Å²) in [6, 6.07) is 0. The molecule has 0 aromatic heterocycles. The van der Waals surface area contributed by atoms with Crippen LogP contribution in [0.2, 0.25) is 0 Å². The summed E-state index contributed by atoms with van der Waals surface area (Å²) in [4.78, 5) is 22.8. The first-order chi connectivity index (χ1) is 3.83. The predicted octanol–water partition coefficient (Wildman–Crippen LogP) is 0.334. The summed E-state index contributed by atoms with van der Waals surface area (Å²) >= 11 is 0. The molecule has 0 amide bonds. The van der Waals surface area contributed by atoms with E-state index in [9.17, 15) is 0 Å². The van der Waals surface area contributed by atoms with Crippen LogP contribution in [-0.2, 0) is 19.4 Å². The van der Waals surface area contributed by atoms with E-state index in [1.807, 2.05) is 0 Å². The Morgan fingerprint density at radius 2 is 1.45 bits per heavy atom. The maximum Gasteiger partial charge on any atom is 1.00 e. The third kappa shape index (κ3) is 564. The zero-order chi connectivity index (χ0) is 6.83. The maximum absolute atomic E-state index is 8.70. The number of carbonyl (C=O) groups excluding carboxylic acids is 2. The minimum Gasteiger partial charge on any atom is -0.662 e. The van der Waals surface area contributed by atoms with Gasteiger partial charge in [0.15, 0.2) is 0 Å². The highest BCUT2D eigenvalue weighted by atomic mass is 17.1. The summed E-state index contributed by atoms with van der Waals surface area (Å²) in [5.74, 6) is 0. The van der Waals surface area contributed by atoms with Crippen LogP contribution in [-0.4, -0.2) is 18.2 Å². The Balaban J connectivity index is -0.00000000800. The molecular weight excluding hydrogens is 156 g/mol. The Kier molecular flexibility index (Phi) is 199. The van der Waals surface area contributed by atoms with Gasteiger partial charge in [-0.2, -0.15) is 0 Å². The largest absolute Gasteiger partial charge is 1.00 e. The van der Waals surface area contributed by atoms with Gasteiger partial charge in [-0.05, 0) is 0 Å². The lowest BCUT2D eigenvalue weighted by molar-refractivity contribution is -0.652. The molecule has 6 heteroatoms. The van der Waals surface area contributed by atoms with Gasteiger partial charge in [-0.1, -0.05) is 22.3 Å². The summed E-state index contributed by atoms with van der Waals surface area (Å²) in [6.07, 6.45) is 0. The third-order valence-electron chi connectivity index (χ3n) is 0.0823. The van der Waals surface area contributed by atoms with Crippen LogP contribution in [0, 0.1) is 0 Å². The van der Waals surface area contributed by atoms with Crippen molar-refractivity contribution >= 4 is 12.9 Å². The molecule has 0 unspecified atom stereocenters. The Labute approximate surface area is 69.2 Å². The zero-order valence-electron chi connectivity index (χ0n) is 4.64. The number of carbonyl (C=O) groups is 2. The molecule has 11 heavy (non-hydrogen) atoms. The van der Waals surface area contributed by atoms with Crippen molar-refractivity contribution in [2.45, 2.75) is 22.3 Å². The smallest absolute Gasteiger partial charge is 0.662 e. The van der Waals surface area contributed by atoms with E-state index in [2.05, 4.69) is 9.78 Å². The van der Waals surface area contributed by atoms with E-state index in [0.29, 0.717) is 0 Å². The van der Waals surface area contributed by atoms with Crippen LogP contribution in [0.4, 0.5) is 0 Å². The molecule has 0 aliphatic heterocycles. The van der Waals surface area contributed by atoms with Crippen LogP contribution in [0.5, 0.6) is 0 Å². The van der Waals surface area contributed by atoms with Crippen LogP contribution >= 0.6 is 0 Å². The van der Waals surface area contributed by atoms with E-state index < -0.39 is 0 Å². The Bertz CT molecular complexity index is 55.0. The molecule has 0 rings (SSSR count). The first kappa shape index (κ1) is 32.8. The lowest BCUT2D eigenvalue weighted by Gasteiger charge is -1.88. The molecule has 0 bridgehead atoms. The van der Waals surface area contributed by atoms with E-state index in [1.165, 1.54) is 0 Å². The average Bonchev–Trinajstić information content (AvgIpc) is 1.88. The molecule has 0 aliphatic carbocycles. The number of hydrogen-bond acceptors (Lipinski definition) is 6. The van der Waals surface area contributed by atoms with Gasteiger partial charge >= 0.3 is 7.90 Å². The zero-order valence-corrected chi connectivity index (χ0v) is 3.64. The van der Waals surface area contributed by atoms with Gasteiger partial charge in [0, 0.05) is 1.43 Å². The molecule has 0 aromatic rings. The lowest BCUT2D eigenvalue weighted by Crippen LogP contribution is -2.00. The van der Waals surface area contributed by atoms with Crippen molar-refractivity contribution in [1.29, 1.82) is 0 Å². The Morgan fingerprint density at radius 1 is 1.27 bits per heavy atom. The summed E-state index contributed by atoms with van der Waals surface area (Å²) in [5, 5.41) is 15.4. The molecule has 0 saturated carbocycles. The van der Waals surface area contributed by atoms with Gasteiger partial charge in [-0.3, -0.25) is 9.59 Å². The third-order valence-corrected chi connectivity index (χ3v) is 0.0823. The van der Waals surface area contributed by atoms with Gasteiger partial charge in [0.05, 0.1) is 0 Å². The van der Waals surface area contributed by atoms with Crippen molar-refractivity contribution < 1.29 is 32.7 Å². The second kappa shape index (κ2) is 66.9. The summed E-state index contributed by atoms with van der Waals surface area (Å²) in [5.41, 5.74) is 0. The minimum atomic E-state index is -0.181. The number of hydrogen-bond donors (Lipinski definition) is 1. The van der Waals surface area contributed by atoms with Crippen molar-refractivity contribution in [2.24, 2.45) is 0 Å². The average molecular weight is 174 g/mol. The van der Waals surface area contributed by atoms with Crippen LogP contribution in [0.25, 0.3) is 0 Å². The van der Waals surface area contributed by atoms with E-state index in [0.717, 1.165) is 0 Å². The van der Waals surface area contributed by atoms with Crippen LogP contribution in [0.1, 0.15) is 25.1 Å². The van der Waals surface area contributed by atoms with Crippen molar-refractivity contribution in [3.63, 3.8) is 0 Å². The highest BCUT2D eigenvalue weighted by Crippen LogP contribution is 1.33. The van der Waals surface area contributed by atoms with E-state index >= 15 is 0 Å². The highest BCUT2D eigenvalue weighted by molar-refractivity contribution is 5.35. The first-order valence-electron chi connectivity index (χ1n) is 1.29. The van der Waals surface area contributed by atoms with Gasteiger partial charge in [-0.15, -0.1) is 0 Å². The van der Waals surface area contributed by atoms with Crippen molar-refractivity contribution in [3.05, 3.63) is 0 Å². The molecule has 6 nitrogen and oxygen atoms in total. The summed E-state index contributed by atoms with van der Waals surface area (Å²) in [7, 11) is 0. The van der Waals surface area contributed by atoms with Crippen molar-refractivity contribution in [3.8, 4) is 0 Å². The number of rotatable bonds is 2. The predicted molar refractivity (Wildman–Crippen MR) is 40.3 cm³/mol. The highest BCUT2D eigenvalue weighted by Gasteiger charge is 1.47. The SMILES string of the molecule is C.C.C.O=COO.O=CO[O-].[H+].[HH]. The van der Waals surface area contributed by atoms with Crippen LogP contribution in [0.15, 0.2) is 0 Å². The standard InChI is InChI=1S/2CH2O3.3CH4.H2/c2*2-1-4-3;;;;/h2*1,3H;3*1H4;1H. The molecule has 0 radical (unpaired) electrons. The van der Waals surface area contributed by atoms with Crippen molar-refractivity contribution in [1.82, 2.24) is 0 Å². The molecule has 74 valence electrons. The van der Waals surface area contributed by atoms with E-state index in [-0.39, 0.29) is 38.1 Å². The van der Waals surface area contributed by atoms with E-state index in [4.69, 9.17) is 20.1 Å². The van der Waals surface area contributed by atoms with Crippen molar-refractivity contribution in [2.75, 3.05) is 0 Å². The van der Waals surface area contributed by atoms with Crippen LogP contribution in [0.3, 0.4) is 0 Å². The molecule has 0 spiro atoms. The fourth-order valence-corrected chi connectivity index (χ4v) is 0. The summed E-state index contributed by atoms with van der Waals surface area (Å²) in [6.45, 7) is -0.250. The molecule has 0 fully saturated rings. The molecule has 0 aliphatic rings. The van der Waals surface area contributed by atoms with Gasteiger partial charge < -0.3 is 15.0 Å². The normalized spacial score (nSPS) is 3.82. The van der Waals surface area contributed by atoms with Gasteiger partial charge in [0.25, 0.3) is 6.47 Å². The second-order valence-electron chi connectivity index (χ2n) is 0.394.